The van der Waals surface area contributed by atoms with Crippen molar-refractivity contribution in [1.82, 2.24) is 9.29 Å². The maximum absolute atomic E-state index is 12.9. The number of aliphatic imine (C=N–C) groups is 1. The van der Waals surface area contributed by atoms with E-state index in [1.807, 2.05) is 6.92 Å². The van der Waals surface area contributed by atoms with Crippen molar-refractivity contribution in [3.63, 3.8) is 0 Å². The Morgan fingerprint density at radius 3 is 2.75 bits per heavy atom. The van der Waals surface area contributed by atoms with Gasteiger partial charge >= 0.3 is 0 Å². The predicted octanol–water partition coefficient (Wildman–Crippen LogP) is 1.97. The molecule has 9 heteroatoms. The lowest BCUT2D eigenvalue weighted by Crippen LogP contribution is -2.33. The molecule has 1 saturated heterocycles. The van der Waals surface area contributed by atoms with Gasteiger partial charge in [0.15, 0.2) is 11.8 Å². The molecule has 1 aromatic heterocycles. The van der Waals surface area contributed by atoms with Gasteiger partial charge in [0.2, 0.25) is 10.0 Å². The monoisotopic (exact) mass is 367 g/mol. The zero-order valence-corrected chi connectivity index (χ0v) is 14.7. The Morgan fingerprint density at radius 1 is 1.38 bits per heavy atom. The van der Waals surface area contributed by atoms with Crippen molar-refractivity contribution in [2.45, 2.75) is 30.7 Å². The average Bonchev–Trinajstić information content (AvgIpc) is 2.96. The number of aromatic nitrogens is 1. The Labute approximate surface area is 145 Å². The fraction of sp³-hybridized carbons (Fsp3) is 0.333. The Morgan fingerprint density at radius 2 is 2.12 bits per heavy atom. The van der Waals surface area contributed by atoms with Gasteiger partial charge < -0.3 is 11.5 Å². The zero-order chi connectivity index (χ0) is 17.5. The molecular weight excluding hydrogens is 350 g/mol. The minimum atomic E-state index is -3.59. The van der Waals surface area contributed by atoms with Crippen LogP contribution in [0.2, 0.25) is 5.02 Å². The van der Waals surface area contributed by atoms with E-state index >= 15 is 0 Å². The molecule has 1 aliphatic heterocycles. The number of nitrogens with two attached hydrogens (primary N) is 2. The van der Waals surface area contributed by atoms with Crippen molar-refractivity contribution in [2.24, 2.45) is 16.5 Å². The van der Waals surface area contributed by atoms with Crippen LogP contribution >= 0.6 is 11.6 Å². The molecule has 2 heterocycles. The van der Waals surface area contributed by atoms with E-state index < -0.39 is 10.0 Å². The number of hydrogen-bond donors (Lipinski definition) is 2. The van der Waals surface area contributed by atoms with Crippen LogP contribution < -0.4 is 11.5 Å². The number of benzene rings is 1. The van der Waals surface area contributed by atoms with Crippen LogP contribution in [0.1, 0.15) is 19.8 Å². The first-order valence-corrected chi connectivity index (χ1v) is 9.32. The van der Waals surface area contributed by atoms with Crippen LogP contribution in [-0.2, 0) is 10.0 Å². The standard InChI is InChI=1S/C15H18ClN5O2S/c1-9-3-2-6-21(9)24(22,23)10-4-5-11-12(7-10)14(20-15(17)18)19-8-13(11)16/h4-5,7-9H,2-3,6H2,1H3,(H4,17,18,19,20)/t9-/m1/s1. The van der Waals surface area contributed by atoms with Gasteiger partial charge in [-0.05, 0) is 31.9 Å². The fourth-order valence-electron chi connectivity index (χ4n) is 2.94. The molecule has 24 heavy (non-hydrogen) atoms. The van der Waals surface area contributed by atoms with Gasteiger partial charge in [-0.1, -0.05) is 17.7 Å². The molecule has 3 rings (SSSR count). The second-order valence-electron chi connectivity index (χ2n) is 5.78. The lowest BCUT2D eigenvalue weighted by Gasteiger charge is -2.21. The summed E-state index contributed by atoms with van der Waals surface area (Å²) >= 11 is 6.15. The van der Waals surface area contributed by atoms with E-state index in [0.717, 1.165) is 12.8 Å². The van der Waals surface area contributed by atoms with Gasteiger partial charge in [0.1, 0.15) is 0 Å². The summed E-state index contributed by atoms with van der Waals surface area (Å²) in [6.07, 6.45) is 3.16. The fourth-order valence-corrected chi connectivity index (χ4v) is 4.88. The third-order valence-corrected chi connectivity index (χ3v) is 6.43. The van der Waals surface area contributed by atoms with Crippen LogP contribution in [0.3, 0.4) is 0 Å². The minimum absolute atomic E-state index is 0.0136. The maximum atomic E-state index is 12.9. The Hall–Kier alpha value is -1.90. The van der Waals surface area contributed by atoms with Crippen LogP contribution in [0.5, 0.6) is 0 Å². The molecule has 0 saturated carbocycles. The molecule has 4 N–H and O–H groups in total. The molecule has 7 nitrogen and oxygen atoms in total. The van der Waals surface area contributed by atoms with Crippen molar-refractivity contribution in [3.8, 4) is 0 Å². The number of rotatable bonds is 3. The summed E-state index contributed by atoms with van der Waals surface area (Å²) in [7, 11) is -3.59. The highest BCUT2D eigenvalue weighted by Crippen LogP contribution is 2.33. The van der Waals surface area contributed by atoms with Crippen LogP contribution in [0.4, 0.5) is 5.82 Å². The first-order valence-electron chi connectivity index (χ1n) is 7.50. The molecule has 0 unspecified atom stereocenters. The van der Waals surface area contributed by atoms with E-state index in [0.29, 0.717) is 22.3 Å². The molecule has 1 aromatic carbocycles. The molecule has 128 valence electrons. The normalized spacial score (nSPS) is 18.8. The lowest BCUT2D eigenvalue weighted by molar-refractivity contribution is 0.408. The van der Waals surface area contributed by atoms with Crippen LogP contribution in [-0.4, -0.2) is 36.3 Å². The van der Waals surface area contributed by atoms with Crippen molar-refractivity contribution < 1.29 is 8.42 Å². The molecule has 1 atom stereocenters. The topological polar surface area (TPSA) is 115 Å². The Kier molecular flexibility index (Phi) is 4.37. The first-order chi connectivity index (χ1) is 11.3. The van der Waals surface area contributed by atoms with Crippen LogP contribution in [0.15, 0.2) is 34.3 Å². The van der Waals surface area contributed by atoms with Gasteiger partial charge in [-0.2, -0.15) is 9.30 Å². The van der Waals surface area contributed by atoms with Crippen molar-refractivity contribution in [1.29, 1.82) is 0 Å². The lowest BCUT2D eigenvalue weighted by atomic mass is 10.1. The summed E-state index contributed by atoms with van der Waals surface area (Å²) in [5, 5.41) is 1.53. The molecule has 0 spiro atoms. The number of nitrogens with zero attached hydrogens (tertiary/aromatic N) is 3. The third kappa shape index (κ3) is 2.92. The molecule has 0 radical (unpaired) electrons. The zero-order valence-electron chi connectivity index (χ0n) is 13.1. The smallest absolute Gasteiger partial charge is 0.243 e. The van der Waals surface area contributed by atoms with E-state index in [1.54, 1.807) is 12.1 Å². The largest absolute Gasteiger partial charge is 0.370 e. The van der Waals surface area contributed by atoms with Gasteiger partial charge in [0.25, 0.3) is 0 Å². The van der Waals surface area contributed by atoms with Gasteiger partial charge in [-0.25, -0.2) is 13.4 Å². The number of halogens is 1. The SMILES string of the molecule is C[C@@H]1CCCN1S(=O)(=O)c1ccc2c(Cl)cnc(N=C(N)N)c2c1. The van der Waals surface area contributed by atoms with Gasteiger partial charge in [0.05, 0.1) is 9.92 Å². The summed E-state index contributed by atoms with van der Waals surface area (Å²) in [4.78, 5) is 8.23. The van der Waals surface area contributed by atoms with Crippen molar-refractivity contribution in [2.75, 3.05) is 6.54 Å². The van der Waals surface area contributed by atoms with E-state index in [2.05, 4.69) is 9.98 Å². The number of pyridine rings is 1. The van der Waals surface area contributed by atoms with E-state index in [9.17, 15) is 8.42 Å². The Balaban J connectivity index is 2.19. The van der Waals surface area contributed by atoms with Crippen LogP contribution in [0.25, 0.3) is 10.8 Å². The predicted molar refractivity (Wildman–Crippen MR) is 94.8 cm³/mol. The molecule has 0 bridgehead atoms. The summed E-state index contributed by atoms with van der Waals surface area (Å²) in [6, 6.07) is 4.71. The average molecular weight is 368 g/mol. The Bertz CT molecular complexity index is 925. The third-order valence-electron chi connectivity index (χ3n) is 4.12. The van der Waals surface area contributed by atoms with Crippen molar-refractivity contribution in [3.05, 3.63) is 29.4 Å². The van der Waals surface area contributed by atoms with Crippen molar-refractivity contribution >= 4 is 44.2 Å². The number of sulfonamides is 1. The number of hydrogen-bond acceptors (Lipinski definition) is 4. The van der Waals surface area contributed by atoms with E-state index in [4.69, 9.17) is 23.1 Å². The molecular formula is C15H18ClN5O2S. The second kappa shape index (κ2) is 6.19. The molecule has 1 fully saturated rings. The summed E-state index contributed by atoms with van der Waals surface area (Å²) < 4.78 is 27.3. The van der Waals surface area contributed by atoms with E-state index in [1.165, 1.54) is 16.6 Å². The second-order valence-corrected chi connectivity index (χ2v) is 8.08. The first kappa shape index (κ1) is 16.9. The quantitative estimate of drug-likeness (QED) is 0.635. The summed E-state index contributed by atoms with van der Waals surface area (Å²) in [5.74, 6) is 0.0773. The number of fused-ring (bicyclic) bond motifs is 1. The highest BCUT2D eigenvalue weighted by atomic mass is 35.5. The number of guanidine groups is 1. The van der Waals surface area contributed by atoms with Crippen LogP contribution in [0, 0.1) is 0 Å². The molecule has 0 aliphatic carbocycles. The van der Waals surface area contributed by atoms with Gasteiger partial charge in [0, 0.05) is 29.6 Å². The highest BCUT2D eigenvalue weighted by Gasteiger charge is 2.32. The summed E-state index contributed by atoms with van der Waals surface area (Å²) in [6.45, 7) is 2.44. The minimum Gasteiger partial charge on any atom is -0.370 e. The maximum Gasteiger partial charge on any atom is 0.243 e. The summed E-state index contributed by atoms with van der Waals surface area (Å²) in [5.41, 5.74) is 10.8. The highest BCUT2D eigenvalue weighted by molar-refractivity contribution is 7.89. The molecule has 1 aliphatic rings. The molecule has 2 aromatic rings. The van der Waals surface area contributed by atoms with E-state index in [-0.39, 0.29) is 22.7 Å². The van der Waals surface area contributed by atoms with Gasteiger partial charge in [-0.15, -0.1) is 0 Å². The molecule has 0 amide bonds. The van der Waals surface area contributed by atoms with Gasteiger partial charge in [-0.3, -0.25) is 0 Å².